The first-order valence-electron chi connectivity index (χ1n) is 5.53. The number of rotatable bonds is 6. The highest BCUT2D eigenvalue weighted by atomic mass is 16.5. The van der Waals surface area contributed by atoms with Crippen LogP contribution >= 0.6 is 0 Å². The molecule has 3 heteroatoms. The maximum atomic E-state index is 11.1. The van der Waals surface area contributed by atoms with Gasteiger partial charge in [-0.2, -0.15) is 0 Å². The standard InChI is InChI=1S/C14H16O3/c1-17-14(16)10-9-13-7-3-2-6-12(13)8-4-5-11-15/h2-4,6-8,11H,5,9-10H2,1H3. The van der Waals surface area contributed by atoms with Gasteiger partial charge in [-0.3, -0.25) is 4.79 Å². The average molecular weight is 232 g/mol. The second kappa shape index (κ2) is 7.39. The van der Waals surface area contributed by atoms with Gasteiger partial charge < -0.3 is 9.53 Å². The predicted molar refractivity (Wildman–Crippen MR) is 66.5 cm³/mol. The van der Waals surface area contributed by atoms with Crippen molar-refractivity contribution in [3.05, 3.63) is 41.5 Å². The van der Waals surface area contributed by atoms with Crippen LogP contribution in [0, 0.1) is 0 Å². The van der Waals surface area contributed by atoms with Crippen LogP contribution in [0.15, 0.2) is 30.3 Å². The van der Waals surface area contributed by atoms with Crippen molar-refractivity contribution in [2.45, 2.75) is 19.3 Å². The van der Waals surface area contributed by atoms with Crippen molar-refractivity contribution in [3.63, 3.8) is 0 Å². The highest BCUT2D eigenvalue weighted by molar-refractivity contribution is 5.70. The zero-order valence-corrected chi connectivity index (χ0v) is 9.89. The number of methoxy groups -OCH3 is 1. The van der Waals surface area contributed by atoms with Gasteiger partial charge in [0, 0.05) is 12.8 Å². The zero-order chi connectivity index (χ0) is 12.5. The summed E-state index contributed by atoms with van der Waals surface area (Å²) in [6.45, 7) is 0. The summed E-state index contributed by atoms with van der Waals surface area (Å²) in [5.41, 5.74) is 2.12. The maximum absolute atomic E-state index is 11.1. The van der Waals surface area contributed by atoms with E-state index in [9.17, 15) is 9.59 Å². The lowest BCUT2D eigenvalue weighted by molar-refractivity contribution is -0.140. The van der Waals surface area contributed by atoms with Gasteiger partial charge >= 0.3 is 5.97 Å². The molecule has 0 heterocycles. The normalized spacial score (nSPS) is 10.4. The van der Waals surface area contributed by atoms with Crippen LogP contribution in [0.5, 0.6) is 0 Å². The molecule has 0 aliphatic carbocycles. The van der Waals surface area contributed by atoms with Gasteiger partial charge in [-0.15, -0.1) is 0 Å². The van der Waals surface area contributed by atoms with E-state index in [1.54, 1.807) is 0 Å². The Bertz CT molecular complexity index is 408. The van der Waals surface area contributed by atoms with Gasteiger partial charge in [-0.1, -0.05) is 36.4 Å². The number of allylic oxidation sites excluding steroid dienone is 1. The van der Waals surface area contributed by atoms with Crippen molar-refractivity contribution in [1.82, 2.24) is 0 Å². The van der Waals surface area contributed by atoms with Crippen LogP contribution in [0.2, 0.25) is 0 Å². The van der Waals surface area contributed by atoms with Crippen molar-refractivity contribution in [2.75, 3.05) is 7.11 Å². The highest BCUT2D eigenvalue weighted by Crippen LogP contribution is 2.13. The summed E-state index contributed by atoms with van der Waals surface area (Å²) in [6.07, 6.45) is 5.99. The van der Waals surface area contributed by atoms with Crippen molar-refractivity contribution < 1.29 is 14.3 Å². The first kappa shape index (κ1) is 13.2. The smallest absolute Gasteiger partial charge is 0.305 e. The molecule has 17 heavy (non-hydrogen) atoms. The van der Waals surface area contributed by atoms with Gasteiger partial charge in [0.25, 0.3) is 0 Å². The molecule has 0 aliphatic rings. The Balaban J connectivity index is 2.70. The van der Waals surface area contributed by atoms with Crippen LogP contribution in [0.25, 0.3) is 6.08 Å². The lowest BCUT2D eigenvalue weighted by atomic mass is 10.0. The number of carbonyl (C=O) groups excluding carboxylic acids is 2. The number of esters is 1. The number of aryl methyl sites for hydroxylation is 1. The summed E-state index contributed by atoms with van der Waals surface area (Å²) in [7, 11) is 1.39. The van der Waals surface area contributed by atoms with Gasteiger partial charge in [-0.25, -0.2) is 0 Å². The van der Waals surface area contributed by atoms with Gasteiger partial charge in [0.1, 0.15) is 6.29 Å². The van der Waals surface area contributed by atoms with Gasteiger partial charge in [-0.05, 0) is 17.5 Å². The number of ether oxygens (including phenoxy) is 1. The van der Waals surface area contributed by atoms with E-state index in [1.807, 2.05) is 36.4 Å². The minimum Gasteiger partial charge on any atom is -0.469 e. The van der Waals surface area contributed by atoms with Crippen LogP contribution in [-0.2, 0) is 20.7 Å². The summed E-state index contributed by atoms with van der Waals surface area (Å²) in [6, 6.07) is 7.81. The Hall–Kier alpha value is -1.90. The molecule has 0 saturated heterocycles. The third-order valence-corrected chi connectivity index (χ3v) is 2.41. The summed E-state index contributed by atoms with van der Waals surface area (Å²) in [5, 5.41) is 0. The molecule has 0 amide bonds. The van der Waals surface area contributed by atoms with Crippen LogP contribution < -0.4 is 0 Å². The molecule has 0 aromatic heterocycles. The molecule has 0 saturated carbocycles. The minimum atomic E-state index is -0.211. The number of carbonyl (C=O) groups is 2. The van der Waals surface area contributed by atoms with E-state index in [-0.39, 0.29) is 5.97 Å². The summed E-state index contributed by atoms with van der Waals surface area (Å²) >= 11 is 0. The molecule has 0 bridgehead atoms. The van der Waals surface area contributed by atoms with E-state index in [4.69, 9.17) is 0 Å². The number of aldehydes is 1. The number of benzene rings is 1. The largest absolute Gasteiger partial charge is 0.469 e. The first-order chi connectivity index (χ1) is 8.27. The number of hydrogen-bond acceptors (Lipinski definition) is 3. The second-order valence-electron chi connectivity index (χ2n) is 3.58. The van der Waals surface area contributed by atoms with Gasteiger partial charge in [0.05, 0.1) is 7.11 Å². The molecule has 0 atom stereocenters. The molecule has 0 radical (unpaired) electrons. The van der Waals surface area contributed by atoms with Crippen LogP contribution in [0.1, 0.15) is 24.0 Å². The molecule has 1 aromatic carbocycles. The van der Waals surface area contributed by atoms with E-state index in [1.165, 1.54) is 7.11 Å². The van der Waals surface area contributed by atoms with Crippen molar-refractivity contribution >= 4 is 18.3 Å². The fourth-order valence-electron chi connectivity index (χ4n) is 1.51. The lowest BCUT2D eigenvalue weighted by Crippen LogP contribution is -2.02. The van der Waals surface area contributed by atoms with E-state index >= 15 is 0 Å². The SMILES string of the molecule is COC(=O)CCc1ccccc1C=CCC=O. The molecule has 3 nitrogen and oxygen atoms in total. The molecule has 0 fully saturated rings. The summed E-state index contributed by atoms with van der Waals surface area (Å²) in [5.74, 6) is -0.211. The zero-order valence-electron chi connectivity index (χ0n) is 9.89. The fourth-order valence-corrected chi connectivity index (χ4v) is 1.51. The molecular formula is C14H16O3. The molecule has 1 aromatic rings. The molecule has 90 valence electrons. The first-order valence-corrected chi connectivity index (χ1v) is 5.53. The third-order valence-electron chi connectivity index (χ3n) is 2.41. The minimum absolute atomic E-state index is 0.211. The Morgan fingerprint density at radius 1 is 1.35 bits per heavy atom. The van der Waals surface area contributed by atoms with Crippen molar-refractivity contribution in [1.29, 1.82) is 0 Å². The van der Waals surface area contributed by atoms with Crippen molar-refractivity contribution in [3.8, 4) is 0 Å². The second-order valence-corrected chi connectivity index (χ2v) is 3.58. The lowest BCUT2D eigenvalue weighted by Gasteiger charge is -2.04. The van der Waals surface area contributed by atoms with Crippen molar-refractivity contribution in [2.24, 2.45) is 0 Å². The fraction of sp³-hybridized carbons (Fsp3) is 0.286. The quantitative estimate of drug-likeness (QED) is 0.558. The Morgan fingerprint density at radius 2 is 2.12 bits per heavy atom. The number of hydrogen-bond donors (Lipinski definition) is 0. The van der Waals surface area contributed by atoms with E-state index < -0.39 is 0 Å². The Morgan fingerprint density at radius 3 is 2.82 bits per heavy atom. The molecule has 0 unspecified atom stereocenters. The van der Waals surface area contributed by atoms with E-state index in [0.717, 1.165) is 17.4 Å². The molecular weight excluding hydrogens is 216 g/mol. The molecule has 1 rings (SSSR count). The topological polar surface area (TPSA) is 43.4 Å². The monoisotopic (exact) mass is 232 g/mol. The summed E-state index contributed by atoms with van der Waals surface area (Å²) < 4.78 is 4.61. The molecule has 0 N–H and O–H groups in total. The Labute approximate surface area is 101 Å². The Kier molecular flexibility index (Phi) is 5.72. The van der Waals surface area contributed by atoms with Gasteiger partial charge in [0.15, 0.2) is 0 Å². The average Bonchev–Trinajstić information content (AvgIpc) is 2.37. The maximum Gasteiger partial charge on any atom is 0.305 e. The van der Waals surface area contributed by atoms with Crippen LogP contribution in [0.4, 0.5) is 0 Å². The highest BCUT2D eigenvalue weighted by Gasteiger charge is 2.03. The molecule has 0 spiro atoms. The van der Waals surface area contributed by atoms with Crippen LogP contribution in [0.3, 0.4) is 0 Å². The third kappa shape index (κ3) is 4.64. The summed E-state index contributed by atoms with van der Waals surface area (Å²) in [4.78, 5) is 21.3. The van der Waals surface area contributed by atoms with E-state index in [2.05, 4.69) is 4.74 Å². The van der Waals surface area contributed by atoms with Gasteiger partial charge in [0.2, 0.25) is 0 Å². The van der Waals surface area contributed by atoms with E-state index in [0.29, 0.717) is 19.3 Å². The predicted octanol–water partition coefficient (Wildman–Crippen LogP) is 2.39. The molecule has 0 aliphatic heterocycles. The van der Waals surface area contributed by atoms with Crippen LogP contribution in [-0.4, -0.2) is 19.4 Å².